The maximum absolute atomic E-state index is 12.5. The Morgan fingerprint density at radius 2 is 1.59 bits per heavy atom. The van der Waals surface area contributed by atoms with Crippen molar-refractivity contribution in [3.8, 4) is 0 Å². The molecule has 0 bridgehead atoms. The summed E-state index contributed by atoms with van der Waals surface area (Å²) in [5, 5.41) is 99.0. The second kappa shape index (κ2) is 15.2. The molecule has 0 aromatic carbocycles. The van der Waals surface area contributed by atoms with Crippen molar-refractivity contribution in [3.63, 3.8) is 0 Å². The third-order valence-corrected chi connectivity index (χ3v) is 14.4. The van der Waals surface area contributed by atoms with Crippen LogP contribution in [0.1, 0.15) is 85.5 Å². The molecule has 4 aliphatic carbocycles. The largest absolute Gasteiger partial charge is 0.394 e. The second-order valence-corrected chi connectivity index (χ2v) is 17.5. The summed E-state index contributed by atoms with van der Waals surface area (Å²) in [6.45, 7) is 7.49. The Hall–Kier alpha value is -0.560. The van der Waals surface area contributed by atoms with E-state index in [9.17, 15) is 46.0 Å². The van der Waals surface area contributed by atoms with Crippen molar-refractivity contribution >= 4 is 0 Å². The molecule has 6 fully saturated rings. The van der Waals surface area contributed by atoms with Gasteiger partial charge in [0.15, 0.2) is 12.6 Å². The lowest BCUT2D eigenvalue weighted by atomic mass is 9.42. The van der Waals surface area contributed by atoms with Gasteiger partial charge in [0.25, 0.3) is 0 Å². The van der Waals surface area contributed by atoms with Crippen LogP contribution in [0.3, 0.4) is 0 Å². The van der Waals surface area contributed by atoms with Gasteiger partial charge in [0, 0.05) is 31.3 Å². The lowest BCUT2D eigenvalue weighted by Crippen LogP contribution is -2.74. The van der Waals surface area contributed by atoms with Crippen LogP contribution < -0.4 is 0 Å². The van der Waals surface area contributed by atoms with Crippen LogP contribution in [0.15, 0.2) is 0 Å². The van der Waals surface area contributed by atoms with Gasteiger partial charge >= 0.3 is 0 Å². The zero-order chi connectivity index (χ0) is 37.2. The standard InChI is InChI=1S/C37H64O14/c1-17(2)24(49-34-32(30(44)25(15-38)50-34)51-33-31(47-5)29(43)23(41)16-48-33)8-6-18(3)21-12-22(40)28-20(21)7-9-26-35(4)11-10-19(39)13-37(35,46)27(42)14-36(26,28)45/h17-34,38-46H,6-16H2,1-5H3/t18-,19+,20?,21-,22+,23-,24+,25+,26?,27-,28?,29+,30+,31-,32-,33+,34-,35-,36+,37+/m1/s1. The molecule has 2 saturated heterocycles. The van der Waals surface area contributed by atoms with E-state index in [1.54, 1.807) is 0 Å². The van der Waals surface area contributed by atoms with Crippen LogP contribution in [-0.4, -0.2) is 151 Å². The molecule has 3 unspecified atom stereocenters. The number of aliphatic hydroxyl groups is 9. The van der Waals surface area contributed by atoms with Crippen LogP contribution in [0.2, 0.25) is 0 Å². The summed E-state index contributed by atoms with van der Waals surface area (Å²) in [5.74, 6) is -0.373. The summed E-state index contributed by atoms with van der Waals surface area (Å²) in [7, 11) is 1.35. The fourth-order valence-electron chi connectivity index (χ4n) is 11.5. The highest BCUT2D eigenvalue weighted by Crippen LogP contribution is 2.67. The zero-order valence-corrected chi connectivity index (χ0v) is 30.7. The molecule has 51 heavy (non-hydrogen) atoms. The lowest BCUT2D eigenvalue weighted by molar-refractivity contribution is -0.311. The molecule has 9 N–H and O–H groups in total. The monoisotopic (exact) mass is 732 g/mol. The molecule has 0 aromatic rings. The molecule has 2 heterocycles. The minimum atomic E-state index is -1.49. The predicted molar refractivity (Wildman–Crippen MR) is 180 cm³/mol. The maximum atomic E-state index is 12.5. The van der Waals surface area contributed by atoms with Crippen LogP contribution in [0, 0.1) is 40.9 Å². The normalized spacial score (nSPS) is 52.6. The number of hydrogen-bond donors (Lipinski definition) is 9. The van der Waals surface area contributed by atoms with Crippen LogP contribution in [0.25, 0.3) is 0 Å². The highest BCUT2D eigenvalue weighted by molar-refractivity contribution is 5.22. The zero-order valence-electron chi connectivity index (χ0n) is 30.7. The van der Waals surface area contributed by atoms with Crippen LogP contribution >= 0.6 is 0 Å². The topological polar surface area (TPSA) is 228 Å². The molecular weight excluding hydrogens is 668 g/mol. The molecule has 0 amide bonds. The summed E-state index contributed by atoms with van der Waals surface area (Å²) < 4.78 is 29.4. The first-order chi connectivity index (χ1) is 24.0. The Balaban J connectivity index is 1.12. The SMILES string of the molecule is CO[C@H]1[C@H](O[C@H]2[C@H](O[C@@H](CC[C@@H](C)[C@H]3C[C@H](O)C4C3CCC3[C@@]4(O)C[C@@H](O)[C@@]4(O)C[C@@H](O)CC[C@]34C)C(C)C)O[C@@H](CO)[C@@H]2O)OC[C@@H](O)[C@@H]1O. The van der Waals surface area contributed by atoms with E-state index >= 15 is 0 Å². The molecular formula is C37H64O14. The first-order valence-corrected chi connectivity index (χ1v) is 19.2. The molecule has 14 heteroatoms. The van der Waals surface area contributed by atoms with Crippen molar-refractivity contribution in [2.45, 2.75) is 170 Å². The summed E-state index contributed by atoms with van der Waals surface area (Å²) in [5.41, 5.74) is -3.61. The third kappa shape index (κ3) is 6.85. The van der Waals surface area contributed by atoms with E-state index in [1.165, 1.54) is 7.11 Å². The van der Waals surface area contributed by atoms with Gasteiger partial charge in [0.2, 0.25) is 0 Å². The fraction of sp³-hybridized carbons (Fsp3) is 1.00. The van der Waals surface area contributed by atoms with Crippen molar-refractivity contribution in [1.82, 2.24) is 0 Å². The van der Waals surface area contributed by atoms with Gasteiger partial charge in [-0.25, -0.2) is 0 Å². The minimum absolute atomic E-state index is 0.0268. The van der Waals surface area contributed by atoms with Gasteiger partial charge in [-0.15, -0.1) is 0 Å². The van der Waals surface area contributed by atoms with E-state index in [-0.39, 0.29) is 55.1 Å². The maximum Gasteiger partial charge on any atom is 0.187 e. The summed E-state index contributed by atoms with van der Waals surface area (Å²) in [6, 6.07) is 0. The summed E-state index contributed by atoms with van der Waals surface area (Å²) in [6.07, 6.45) is -7.53. The Morgan fingerprint density at radius 1 is 0.863 bits per heavy atom. The highest BCUT2D eigenvalue weighted by atomic mass is 16.8. The van der Waals surface area contributed by atoms with E-state index in [0.717, 1.165) is 12.8 Å². The smallest absolute Gasteiger partial charge is 0.187 e. The predicted octanol–water partition coefficient (Wildman–Crippen LogP) is -0.199. The number of hydrogen-bond acceptors (Lipinski definition) is 14. The number of rotatable bonds is 11. The number of aliphatic hydroxyl groups excluding tert-OH is 7. The first-order valence-electron chi connectivity index (χ1n) is 19.2. The van der Waals surface area contributed by atoms with E-state index in [4.69, 9.17) is 23.7 Å². The number of fused-ring (bicyclic) bond motifs is 5. The van der Waals surface area contributed by atoms with E-state index in [1.807, 2.05) is 20.8 Å². The number of methoxy groups -OCH3 is 1. The van der Waals surface area contributed by atoms with Gasteiger partial charge in [-0.1, -0.05) is 27.7 Å². The molecule has 4 saturated carbocycles. The quantitative estimate of drug-likeness (QED) is 0.134. The Morgan fingerprint density at radius 3 is 2.25 bits per heavy atom. The van der Waals surface area contributed by atoms with Crippen LogP contribution in [0.5, 0.6) is 0 Å². The van der Waals surface area contributed by atoms with Gasteiger partial charge in [-0.3, -0.25) is 0 Å². The molecule has 0 spiro atoms. The fourth-order valence-corrected chi connectivity index (χ4v) is 11.5. The second-order valence-electron chi connectivity index (χ2n) is 17.5. The lowest BCUT2D eigenvalue weighted by Gasteiger charge is -2.67. The Bertz CT molecular complexity index is 1180. The van der Waals surface area contributed by atoms with Gasteiger partial charge in [-0.05, 0) is 74.5 Å². The van der Waals surface area contributed by atoms with Crippen molar-refractivity contribution < 1.29 is 69.6 Å². The molecule has 296 valence electrons. The van der Waals surface area contributed by atoms with Gasteiger partial charge < -0.3 is 69.6 Å². The number of ether oxygens (including phenoxy) is 5. The molecule has 0 aromatic heterocycles. The van der Waals surface area contributed by atoms with Gasteiger partial charge in [0.1, 0.15) is 36.6 Å². The molecule has 2 aliphatic heterocycles. The average molecular weight is 733 g/mol. The van der Waals surface area contributed by atoms with Gasteiger partial charge in [0.05, 0.1) is 48.8 Å². The molecule has 14 nitrogen and oxygen atoms in total. The van der Waals surface area contributed by atoms with E-state index < -0.39 is 96.7 Å². The van der Waals surface area contributed by atoms with Gasteiger partial charge in [-0.2, -0.15) is 0 Å². The van der Waals surface area contributed by atoms with Crippen LogP contribution in [0.4, 0.5) is 0 Å². The first kappa shape index (κ1) is 40.1. The Labute approximate surface area is 301 Å². The molecule has 0 radical (unpaired) electrons. The minimum Gasteiger partial charge on any atom is -0.394 e. The summed E-state index contributed by atoms with van der Waals surface area (Å²) in [4.78, 5) is 0. The van der Waals surface area contributed by atoms with E-state index in [2.05, 4.69) is 6.92 Å². The highest BCUT2D eigenvalue weighted by Gasteiger charge is 2.72. The van der Waals surface area contributed by atoms with E-state index in [0.29, 0.717) is 32.1 Å². The van der Waals surface area contributed by atoms with Crippen molar-refractivity contribution in [2.24, 2.45) is 40.9 Å². The molecule has 20 atom stereocenters. The Kier molecular flexibility index (Phi) is 11.9. The summed E-state index contributed by atoms with van der Waals surface area (Å²) >= 11 is 0. The molecule has 6 aliphatic rings. The molecule has 6 rings (SSSR count). The van der Waals surface area contributed by atoms with Crippen molar-refractivity contribution in [1.29, 1.82) is 0 Å². The van der Waals surface area contributed by atoms with Crippen LogP contribution in [-0.2, 0) is 23.7 Å². The third-order valence-electron chi connectivity index (χ3n) is 14.4. The van der Waals surface area contributed by atoms with Crippen molar-refractivity contribution in [3.05, 3.63) is 0 Å². The average Bonchev–Trinajstić information content (AvgIpc) is 3.58. The van der Waals surface area contributed by atoms with Crippen molar-refractivity contribution in [2.75, 3.05) is 20.3 Å².